The molecule has 9 nitrogen and oxygen atoms in total. The molecule has 0 radical (unpaired) electrons. The van der Waals surface area contributed by atoms with Gasteiger partial charge in [0.1, 0.15) is 12.3 Å². The predicted molar refractivity (Wildman–Crippen MR) is 85.9 cm³/mol. The molecule has 2 amide bonds. The van der Waals surface area contributed by atoms with Crippen molar-refractivity contribution in [2.45, 2.75) is 37.9 Å². The summed E-state index contributed by atoms with van der Waals surface area (Å²) in [6, 6.07) is -2.23. The first-order valence-electron chi connectivity index (χ1n) is 6.86. The summed E-state index contributed by atoms with van der Waals surface area (Å²) in [5.41, 5.74) is 16.0. The Kier molecular flexibility index (Phi) is 9.96. The molecule has 0 aromatic carbocycles. The molecule has 0 aliphatic carbocycles. The maximum Gasteiger partial charge on any atom is 0.338 e. The smallest absolute Gasteiger partial charge is 0.338 e. The molecule has 0 fully saturated rings. The number of carbonyl (C=O) groups excluding carboxylic acids is 3. The quantitative estimate of drug-likeness (QED) is 0.0700. The van der Waals surface area contributed by atoms with Crippen molar-refractivity contribution >= 4 is 36.7 Å². The van der Waals surface area contributed by atoms with E-state index in [4.69, 9.17) is 17.2 Å². The fraction of sp³-hybridized carbons (Fsp3) is 0.667. The maximum atomic E-state index is 11.9. The Morgan fingerprint density at radius 2 is 1.91 bits per heavy atom. The van der Waals surface area contributed by atoms with Gasteiger partial charge in [0.25, 0.3) is 0 Å². The van der Waals surface area contributed by atoms with E-state index in [9.17, 15) is 14.4 Å². The van der Waals surface area contributed by atoms with Crippen LogP contribution in [0.4, 0.5) is 0 Å². The maximum absolute atomic E-state index is 11.9. The lowest BCUT2D eigenvalue weighted by Crippen LogP contribution is -2.78. The molecule has 3 atom stereocenters. The first-order valence-corrected chi connectivity index (χ1v) is 7.49. The van der Waals surface area contributed by atoms with E-state index in [0.29, 0.717) is 25.7 Å². The lowest BCUT2D eigenvalue weighted by Gasteiger charge is -2.18. The largest absolute Gasteiger partial charge is 0.345 e. The van der Waals surface area contributed by atoms with E-state index in [-0.39, 0.29) is 11.7 Å². The number of thiol groups is 1. The number of guanidine groups is 1. The topological polar surface area (TPSA) is 167 Å². The van der Waals surface area contributed by atoms with Gasteiger partial charge in [-0.2, -0.15) is 12.6 Å². The number of rotatable bonds is 10. The van der Waals surface area contributed by atoms with Crippen molar-refractivity contribution in [2.75, 3.05) is 12.3 Å². The Morgan fingerprint density at radius 1 is 1.27 bits per heavy atom. The first-order chi connectivity index (χ1) is 10.3. The van der Waals surface area contributed by atoms with Gasteiger partial charge in [-0.05, 0) is 19.8 Å². The number of amides is 2. The average molecular weight is 333 g/mol. The molecule has 0 aliphatic heterocycles. The van der Waals surface area contributed by atoms with Crippen LogP contribution in [0.3, 0.4) is 0 Å². The monoisotopic (exact) mass is 333 g/mol. The van der Waals surface area contributed by atoms with Crippen molar-refractivity contribution in [3.63, 3.8) is 0 Å². The minimum absolute atomic E-state index is 0.101. The number of aldehydes is 1. The van der Waals surface area contributed by atoms with Crippen molar-refractivity contribution in [1.29, 1.82) is 0 Å². The summed E-state index contributed by atoms with van der Waals surface area (Å²) < 4.78 is 0. The van der Waals surface area contributed by atoms with Gasteiger partial charge in [0.05, 0.1) is 18.6 Å². The summed E-state index contributed by atoms with van der Waals surface area (Å²) in [5.74, 6) is -0.664. The summed E-state index contributed by atoms with van der Waals surface area (Å²) in [6.07, 6.45) is 1.65. The summed E-state index contributed by atoms with van der Waals surface area (Å²) in [5, 5.41) is 4.99. The van der Waals surface area contributed by atoms with Crippen LogP contribution < -0.4 is 32.8 Å². The molecule has 0 bridgehead atoms. The molecular formula is C12H25N6O3S+. The molecule has 0 saturated carbocycles. The molecule has 9 N–H and O–H groups in total. The fourth-order valence-corrected chi connectivity index (χ4v) is 1.67. The molecule has 0 rings (SSSR count). The molecule has 0 unspecified atom stereocenters. The van der Waals surface area contributed by atoms with Crippen molar-refractivity contribution in [1.82, 2.24) is 10.6 Å². The second-order valence-electron chi connectivity index (χ2n) is 4.79. The van der Waals surface area contributed by atoms with E-state index in [1.807, 2.05) is 0 Å². The van der Waals surface area contributed by atoms with E-state index < -0.39 is 29.9 Å². The zero-order valence-electron chi connectivity index (χ0n) is 12.5. The summed E-state index contributed by atoms with van der Waals surface area (Å²) >= 11 is 3.90. The van der Waals surface area contributed by atoms with Gasteiger partial charge in [0, 0.05) is 5.75 Å². The van der Waals surface area contributed by atoms with Crippen molar-refractivity contribution in [3.8, 4) is 0 Å². The van der Waals surface area contributed by atoms with Gasteiger partial charge in [0.15, 0.2) is 0 Å². The van der Waals surface area contributed by atoms with E-state index in [2.05, 4.69) is 28.3 Å². The Bertz CT molecular complexity index is 414. The summed E-state index contributed by atoms with van der Waals surface area (Å²) in [4.78, 5) is 37.1. The molecule has 0 aromatic heterocycles. The molecular weight excluding hydrogens is 308 g/mol. The second kappa shape index (κ2) is 10.9. The normalized spacial score (nSPS) is 14.3. The van der Waals surface area contributed by atoms with Gasteiger partial charge in [-0.3, -0.25) is 26.0 Å². The van der Waals surface area contributed by atoms with Crippen LogP contribution in [0.1, 0.15) is 19.8 Å². The molecule has 0 spiro atoms. The van der Waals surface area contributed by atoms with Crippen molar-refractivity contribution in [3.05, 3.63) is 0 Å². The highest BCUT2D eigenvalue weighted by Gasteiger charge is 2.21. The van der Waals surface area contributed by atoms with Crippen LogP contribution in [0.15, 0.2) is 0 Å². The van der Waals surface area contributed by atoms with Gasteiger partial charge in [-0.15, -0.1) is 0 Å². The lowest BCUT2D eigenvalue weighted by molar-refractivity contribution is -0.459. The lowest BCUT2D eigenvalue weighted by atomic mass is 10.1. The highest BCUT2D eigenvalue weighted by atomic mass is 32.1. The second-order valence-corrected chi connectivity index (χ2v) is 5.16. The number of hydrogen-bond acceptors (Lipinski definition) is 5. The van der Waals surface area contributed by atoms with Crippen LogP contribution in [-0.4, -0.2) is 54.5 Å². The van der Waals surface area contributed by atoms with Gasteiger partial charge < -0.3 is 21.2 Å². The van der Waals surface area contributed by atoms with Crippen LogP contribution in [0.5, 0.6) is 0 Å². The predicted octanol–water partition coefficient (Wildman–Crippen LogP) is -4.43. The molecule has 0 heterocycles. The van der Waals surface area contributed by atoms with Gasteiger partial charge >= 0.3 is 5.96 Å². The van der Waals surface area contributed by atoms with Crippen LogP contribution in [0, 0.1) is 0 Å². The zero-order chi connectivity index (χ0) is 17.1. The molecule has 126 valence electrons. The highest BCUT2D eigenvalue weighted by molar-refractivity contribution is 7.80. The van der Waals surface area contributed by atoms with Crippen LogP contribution >= 0.6 is 12.6 Å². The summed E-state index contributed by atoms with van der Waals surface area (Å²) in [7, 11) is 0. The van der Waals surface area contributed by atoms with Crippen molar-refractivity contribution < 1.29 is 19.4 Å². The molecule has 0 saturated heterocycles. The van der Waals surface area contributed by atoms with Gasteiger partial charge in [-0.25, -0.2) is 0 Å². The number of hydrogen-bond donors (Lipinski definition) is 7. The minimum atomic E-state index is -0.799. The third-order valence-electron chi connectivity index (χ3n) is 2.80. The highest BCUT2D eigenvalue weighted by Crippen LogP contribution is 1.95. The Labute approximate surface area is 134 Å². The number of nitrogens with one attached hydrogen (secondary N) is 3. The SMILES string of the molecule is C[C@H](NC(=O)[C@@H](N)CS)C(=O)N[C@H](C=O)CCC[NH+]=C(N)N. The number of carbonyl (C=O) groups is 3. The zero-order valence-corrected chi connectivity index (χ0v) is 13.4. The molecule has 0 aromatic rings. The Morgan fingerprint density at radius 3 is 2.41 bits per heavy atom. The Balaban J connectivity index is 4.26. The van der Waals surface area contributed by atoms with Crippen LogP contribution in [0.25, 0.3) is 0 Å². The Hall–Kier alpha value is -1.81. The molecule has 22 heavy (non-hydrogen) atoms. The van der Waals surface area contributed by atoms with E-state index in [1.54, 1.807) is 0 Å². The fourth-order valence-electron chi connectivity index (χ4n) is 1.51. The van der Waals surface area contributed by atoms with Crippen LogP contribution in [0.2, 0.25) is 0 Å². The van der Waals surface area contributed by atoms with Crippen molar-refractivity contribution in [2.24, 2.45) is 17.2 Å². The third-order valence-corrected chi connectivity index (χ3v) is 3.19. The van der Waals surface area contributed by atoms with E-state index in [1.165, 1.54) is 6.92 Å². The van der Waals surface area contributed by atoms with E-state index in [0.717, 1.165) is 0 Å². The third kappa shape index (κ3) is 8.47. The first kappa shape index (κ1) is 20.2. The molecule has 0 aliphatic rings. The van der Waals surface area contributed by atoms with Crippen LogP contribution in [-0.2, 0) is 14.4 Å². The average Bonchev–Trinajstić information content (AvgIpc) is 2.48. The minimum Gasteiger partial charge on any atom is -0.345 e. The van der Waals surface area contributed by atoms with Gasteiger partial charge in [-0.1, -0.05) is 0 Å². The standard InChI is InChI=1S/C12H24N6O3S/c1-7(17-11(21)9(13)6-22)10(20)18-8(5-19)3-2-4-16-12(14)15/h5,7-9,22H,2-4,6,13H2,1H3,(H,17,21)(H,18,20)(H4,14,15,16)/p+1/t7-,8-,9-/m0/s1. The summed E-state index contributed by atoms with van der Waals surface area (Å²) in [6.45, 7) is 2.00. The molecule has 10 heteroatoms. The number of nitrogens with two attached hydrogens (primary N) is 3. The van der Waals surface area contributed by atoms with E-state index >= 15 is 0 Å². The van der Waals surface area contributed by atoms with Gasteiger partial charge in [0.2, 0.25) is 11.8 Å².